The van der Waals surface area contributed by atoms with Crippen molar-refractivity contribution in [2.75, 3.05) is 11.9 Å². The first-order chi connectivity index (χ1) is 10.8. The fraction of sp³-hybridized carbons (Fsp3) is 0.278. The normalized spacial score (nSPS) is 11.2. The Hall–Kier alpha value is -2.07. The van der Waals surface area contributed by atoms with E-state index in [0.717, 1.165) is 5.56 Å². The Labute approximate surface area is 140 Å². The van der Waals surface area contributed by atoms with E-state index in [4.69, 9.17) is 16.3 Å². The fourth-order valence-electron chi connectivity index (χ4n) is 2.13. The number of rotatable bonds is 4. The molecule has 122 valence electrons. The van der Waals surface area contributed by atoms with Crippen molar-refractivity contribution in [2.45, 2.75) is 26.2 Å². The van der Waals surface area contributed by atoms with Crippen LogP contribution in [0.1, 0.15) is 26.3 Å². The van der Waals surface area contributed by atoms with Gasteiger partial charge in [-0.3, -0.25) is 4.79 Å². The summed E-state index contributed by atoms with van der Waals surface area (Å²) in [4.78, 5) is 12.0. The molecule has 0 aromatic heterocycles. The van der Waals surface area contributed by atoms with Gasteiger partial charge in [0.05, 0.1) is 5.02 Å². The Morgan fingerprint density at radius 3 is 2.57 bits per heavy atom. The topological polar surface area (TPSA) is 38.3 Å². The maximum atomic E-state index is 13.1. The zero-order valence-electron chi connectivity index (χ0n) is 13.3. The second-order valence-corrected chi connectivity index (χ2v) is 6.62. The highest BCUT2D eigenvalue weighted by atomic mass is 35.5. The van der Waals surface area contributed by atoms with Crippen LogP contribution < -0.4 is 10.1 Å². The monoisotopic (exact) mass is 335 g/mol. The molecule has 2 rings (SSSR count). The standard InChI is InChI=1S/C18H19ClFNO2/c1-18(2,3)13-6-4-5-7-16(13)23-11-17(22)21-12-8-9-15(20)14(19)10-12/h4-10H,11H2,1-3H3,(H,21,22). The van der Waals surface area contributed by atoms with Crippen molar-refractivity contribution in [1.82, 2.24) is 0 Å². The summed E-state index contributed by atoms with van der Waals surface area (Å²) in [5.74, 6) is -0.191. The van der Waals surface area contributed by atoms with E-state index in [9.17, 15) is 9.18 Å². The van der Waals surface area contributed by atoms with Crippen molar-refractivity contribution in [1.29, 1.82) is 0 Å². The van der Waals surface area contributed by atoms with Gasteiger partial charge in [0, 0.05) is 5.69 Å². The van der Waals surface area contributed by atoms with Gasteiger partial charge >= 0.3 is 0 Å². The zero-order chi connectivity index (χ0) is 17.0. The van der Waals surface area contributed by atoms with Crippen LogP contribution in [0.4, 0.5) is 10.1 Å². The number of anilines is 1. The van der Waals surface area contributed by atoms with Crippen molar-refractivity contribution in [3.05, 3.63) is 58.9 Å². The molecule has 0 radical (unpaired) electrons. The molecule has 2 aromatic carbocycles. The molecule has 0 saturated heterocycles. The minimum atomic E-state index is -0.528. The quantitative estimate of drug-likeness (QED) is 0.872. The third kappa shape index (κ3) is 4.70. The SMILES string of the molecule is CC(C)(C)c1ccccc1OCC(=O)Nc1ccc(F)c(Cl)c1. The summed E-state index contributed by atoms with van der Waals surface area (Å²) in [5, 5.41) is 2.58. The van der Waals surface area contributed by atoms with E-state index in [1.165, 1.54) is 18.2 Å². The van der Waals surface area contributed by atoms with Gasteiger partial charge in [0.25, 0.3) is 5.91 Å². The van der Waals surface area contributed by atoms with E-state index in [2.05, 4.69) is 26.1 Å². The van der Waals surface area contributed by atoms with E-state index in [1.54, 1.807) is 0 Å². The molecule has 0 aliphatic heterocycles. The van der Waals surface area contributed by atoms with Crippen LogP contribution in [-0.4, -0.2) is 12.5 Å². The Morgan fingerprint density at radius 2 is 1.91 bits per heavy atom. The van der Waals surface area contributed by atoms with Crippen LogP contribution in [0.3, 0.4) is 0 Å². The van der Waals surface area contributed by atoms with Gasteiger partial charge in [-0.1, -0.05) is 50.6 Å². The van der Waals surface area contributed by atoms with E-state index in [1.807, 2.05) is 24.3 Å². The molecular formula is C18H19ClFNO2. The number of amides is 1. The summed E-state index contributed by atoms with van der Waals surface area (Å²) in [6, 6.07) is 11.6. The second-order valence-electron chi connectivity index (χ2n) is 6.21. The molecule has 1 amide bonds. The highest BCUT2D eigenvalue weighted by Gasteiger charge is 2.18. The highest BCUT2D eigenvalue weighted by Crippen LogP contribution is 2.30. The first kappa shape index (κ1) is 17.3. The average molecular weight is 336 g/mol. The number of carbonyl (C=O) groups excluding carboxylic acids is 1. The summed E-state index contributed by atoms with van der Waals surface area (Å²) in [6.45, 7) is 6.10. The summed E-state index contributed by atoms with van der Waals surface area (Å²) >= 11 is 5.68. The van der Waals surface area contributed by atoms with Crippen molar-refractivity contribution in [3.63, 3.8) is 0 Å². The largest absolute Gasteiger partial charge is 0.483 e. The lowest BCUT2D eigenvalue weighted by atomic mass is 9.86. The second kappa shape index (κ2) is 7.01. The number of nitrogens with one attached hydrogen (secondary N) is 1. The molecule has 0 spiro atoms. The van der Waals surface area contributed by atoms with Gasteiger partial charge < -0.3 is 10.1 Å². The number of benzene rings is 2. The van der Waals surface area contributed by atoms with Crippen molar-refractivity contribution >= 4 is 23.2 Å². The van der Waals surface area contributed by atoms with Crippen LogP contribution in [0.5, 0.6) is 5.75 Å². The van der Waals surface area contributed by atoms with Crippen molar-refractivity contribution in [2.24, 2.45) is 0 Å². The number of para-hydroxylation sites is 1. The maximum absolute atomic E-state index is 13.1. The molecule has 0 aliphatic carbocycles. The number of hydrogen-bond donors (Lipinski definition) is 1. The van der Waals surface area contributed by atoms with E-state index >= 15 is 0 Å². The van der Waals surface area contributed by atoms with Gasteiger partial charge in [0.1, 0.15) is 11.6 Å². The first-order valence-electron chi connectivity index (χ1n) is 7.24. The van der Waals surface area contributed by atoms with Gasteiger partial charge in [-0.15, -0.1) is 0 Å². The summed E-state index contributed by atoms with van der Waals surface area (Å²) in [7, 11) is 0. The van der Waals surface area contributed by atoms with E-state index in [0.29, 0.717) is 11.4 Å². The van der Waals surface area contributed by atoms with Gasteiger partial charge in [-0.25, -0.2) is 4.39 Å². The predicted molar refractivity (Wildman–Crippen MR) is 90.7 cm³/mol. The van der Waals surface area contributed by atoms with Crippen LogP contribution in [0, 0.1) is 5.82 Å². The summed E-state index contributed by atoms with van der Waals surface area (Å²) < 4.78 is 18.7. The number of halogens is 2. The molecule has 0 aliphatic rings. The van der Waals surface area contributed by atoms with E-state index < -0.39 is 5.82 Å². The van der Waals surface area contributed by atoms with Crippen LogP contribution in [0.15, 0.2) is 42.5 Å². The Balaban J connectivity index is 2.01. The molecular weight excluding hydrogens is 317 g/mol. The van der Waals surface area contributed by atoms with Crippen LogP contribution in [-0.2, 0) is 10.2 Å². The van der Waals surface area contributed by atoms with Crippen molar-refractivity contribution in [3.8, 4) is 5.75 Å². The summed E-state index contributed by atoms with van der Waals surface area (Å²) in [5.41, 5.74) is 1.36. The molecule has 0 saturated carbocycles. The zero-order valence-corrected chi connectivity index (χ0v) is 14.1. The number of hydrogen-bond acceptors (Lipinski definition) is 2. The maximum Gasteiger partial charge on any atom is 0.262 e. The molecule has 23 heavy (non-hydrogen) atoms. The smallest absolute Gasteiger partial charge is 0.262 e. The average Bonchev–Trinajstić information content (AvgIpc) is 2.48. The molecule has 2 aromatic rings. The van der Waals surface area contributed by atoms with Gasteiger partial charge in [-0.2, -0.15) is 0 Å². The molecule has 0 fully saturated rings. The lowest BCUT2D eigenvalue weighted by Gasteiger charge is -2.22. The lowest BCUT2D eigenvalue weighted by molar-refractivity contribution is -0.118. The Bertz CT molecular complexity index is 710. The molecule has 0 bridgehead atoms. The van der Waals surface area contributed by atoms with Crippen LogP contribution in [0.2, 0.25) is 5.02 Å². The van der Waals surface area contributed by atoms with Gasteiger partial charge in [-0.05, 0) is 35.2 Å². The van der Waals surface area contributed by atoms with Gasteiger partial charge in [0.2, 0.25) is 0 Å². The Kier molecular flexibility index (Phi) is 5.26. The predicted octanol–water partition coefficient (Wildman–Crippen LogP) is 4.79. The molecule has 0 atom stereocenters. The lowest BCUT2D eigenvalue weighted by Crippen LogP contribution is -2.22. The third-order valence-electron chi connectivity index (χ3n) is 3.26. The first-order valence-corrected chi connectivity index (χ1v) is 7.62. The fourth-order valence-corrected chi connectivity index (χ4v) is 2.31. The van der Waals surface area contributed by atoms with Crippen LogP contribution in [0.25, 0.3) is 0 Å². The highest BCUT2D eigenvalue weighted by molar-refractivity contribution is 6.31. The Morgan fingerprint density at radius 1 is 1.22 bits per heavy atom. The molecule has 1 N–H and O–H groups in total. The minimum Gasteiger partial charge on any atom is -0.483 e. The third-order valence-corrected chi connectivity index (χ3v) is 3.55. The number of ether oxygens (including phenoxy) is 1. The van der Waals surface area contributed by atoms with Crippen molar-refractivity contribution < 1.29 is 13.9 Å². The number of carbonyl (C=O) groups is 1. The molecule has 0 heterocycles. The summed E-state index contributed by atoms with van der Waals surface area (Å²) in [6.07, 6.45) is 0. The van der Waals surface area contributed by atoms with Gasteiger partial charge in [0.15, 0.2) is 6.61 Å². The van der Waals surface area contributed by atoms with Crippen LogP contribution >= 0.6 is 11.6 Å². The van der Waals surface area contributed by atoms with E-state index in [-0.39, 0.29) is 23.0 Å². The minimum absolute atomic E-state index is 0.0400. The molecule has 0 unspecified atom stereocenters. The molecule has 5 heteroatoms. The molecule has 3 nitrogen and oxygen atoms in total.